The van der Waals surface area contributed by atoms with Gasteiger partial charge in [0.15, 0.2) is 0 Å². The Morgan fingerprint density at radius 2 is 2.35 bits per heavy atom. The minimum atomic E-state index is -0.260. The van der Waals surface area contributed by atoms with Gasteiger partial charge in [-0.25, -0.2) is 4.39 Å². The molecule has 2 nitrogen and oxygen atoms in total. The lowest BCUT2D eigenvalue weighted by Gasteiger charge is -2.30. The lowest BCUT2D eigenvalue weighted by atomic mass is 10.1. The molecule has 1 unspecified atom stereocenters. The van der Waals surface area contributed by atoms with Crippen LogP contribution in [0.1, 0.15) is 24.5 Å². The molecule has 4 heteroatoms. The maximum atomic E-state index is 13.4. The van der Waals surface area contributed by atoms with E-state index >= 15 is 0 Å². The van der Waals surface area contributed by atoms with Crippen LogP contribution in [0.2, 0.25) is 0 Å². The summed E-state index contributed by atoms with van der Waals surface area (Å²) < 4.78 is 13.4. The van der Waals surface area contributed by atoms with Crippen molar-refractivity contribution in [3.63, 3.8) is 0 Å². The number of rotatable bonds is 3. The summed E-state index contributed by atoms with van der Waals surface area (Å²) in [7, 11) is 0. The molecule has 1 fully saturated rings. The highest BCUT2D eigenvalue weighted by atomic mass is 32.2. The largest absolute Gasteiger partial charge is 0.395 e. The minimum absolute atomic E-state index is 0.0402. The quantitative estimate of drug-likeness (QED) is 0.866. The zero-order valence-corrected chi connectivity index (χ0v) is 12.5. The molecular weight excluding hydrogens is 273 g/mol. The molecule has 0 radical (unpaired) electrons. The van der Waals surface area contributed by atoms with Crippen LogP contribution in [0.4, 0.5) is 4.39 Å². The Morgan fingerprint density at radius 1 is 1.50 bits per heavy atom. The van der Waals surface area contributed by atoms with Crippen LogP contribution in [-0.2, 0) is 6.54 Å². The van der Waals surface area contributed by atoms with Crippen molar-refractivity contribution in [3.05, 3.63) is 35.1 Å². The number of halogens is 1. The molecule has 1 heterocycles. The first-order chi connectivity index (χ1) is 9.69. The predicted molar refractivity (Wildman–Crippen MR) is 82.2 cm³/mol. The highest BCUT2D eigenvalue weighted by Gasteiger charge is 2.17. The van der Waals surface area contributed by atoms with Crippen LogP contribution in [0.5, 0.6) is 0 Å². The van der Waals surface area contributed by atoms with E-state index in [1.807, 2.05) is 17.8 Å². The fourth-order valence-electron chi connectivity index (χ4n) is 2.29. The van der Waals surface area contributed by atoms with Gasteiger partial charge in [0.2, 0.25) is 0 Å². The molecule has 1 atom stereocenters. The molecule has 1 aromatic rings. The normalized spacial score (nSPS) is 19.4. The lowest BCUT2D eigenvalue weighted by Crippen LogP contribution is -2.36. The van der Waals surface area contributed by atoms with Gasteiger partial charge in [0.05, 0.1) is 6.61 Å². The summed E-state index contributed by atoms with van der Waals surface area (Å²) >= 11 is 2.00. The van der Waals surface area contributed by atoms with Crippen LogP contribution in [0.3, 0.4) is 0 Å². The third kappa shape index (κ3) is 4.52. The smallest absolute Gasteiger partial charge is 0.124 e. The van der Waals surface area contributed by atoms with E-state index in [-0.39, 0.29) is 12.4 Å². The highest BCUT2D eigenvalue weighted by Crippen LogP contribution is 2.21. The van der Waals surface area contributed by atoms with Gasteiger partial charge in [0.25, 0.3) is 0 Å². The van der Waals surface area contributed by atoms with Gasteiger partial charge < -0.3 is 5.11 Å². The molecule has 0 saturated carbocycles. The van der Waals surface area contributed by atoms with Crippen LogP contribution < -0.4 is 0 Å². The number of nitrogens with zero attached hydrogens (tertiary/aromatic N) is 1. The van der Waals surface area contributed by atoms with E-state index in [0.717, 1.165) is 36.5 Å². The van der Waals surface area contributed by atoms with Crippen LogP contribution in [0.25, 0.3) is 0 Å². The zero-order valence-electron chi connectivity index (χ0n) is 11.7. The van der Waals surface area contributed by atoms with E-state index in [9.17, 15) is 4.39 Å². The summed E-state index contributed by atoms with van der Waals surface area (Å²) in [5.41, 5.74) is 1.81. The molecule has 20 heavy (non-hydrogen) atoms. The molecule has 0 amide bonds. The van der Waals surface area contributed by atoms with Crippen molar-refractivity contribution >= 4 is 11.8 Å². The Kier molecular flexibility index (Phi) is 5.90. The summed E-state index contributed by atoms with van der Waals surface area (Å²) in [5.74, 6) is 6.74. The van der Waals surface area contributed by atoms with E-state index in [4.69, 9.17) is 5.11 Å². The second-order valence-electron chi connectivity index (χ2n) is 4.99. The van der Waals surface area contributed by atoms with Crippen molar-refractivity contribution in [2.24, 2.45) is 0 Å². The summed E-state index contributed by atoms with van der Waals surface area (Å²) in [6.45, 7) is 5.22. The fourth-order valence-corrected chi connectivity index (χ4v) is 3.37. The second-order valence-corrected chi connectivity index (χ2v) is 6.54. The number of hydrogen-bond donors (Lipinski definition) is 1. The molecule has 1 N–H and O–H groups in total. The Morgan fingerprint density at radius 3 is 3.10 bits per heavy atom. The molecule has 1 aliphatic rings. The molecular formula is C16H20FNOS. The molecule has 1 aromatic carbocycles. The van der Waals surface area contributed by atoms with Gasteiger partial charge in [0.1, 0.15) is 5.82 Å². The third-order valence-corrected chi connectivity index (χ3v) is 4.39. The third-order valence-electron chi connectivity index (χ3n) is 3.25. The number of thioether (sulfide) groups is 1. The average Bonchev–Trinajstić information content (AvgIpc) is 2.42. The van der Waals surface area contributed by atoms with Gasteiger partial charge in [-0.2, -0.15) is 11.8 Å². The SMILES string of the molecule is CC1CN(Cc2ccc(F)cc2C#CCCO)CCS1. The summed E-state index contributed by atoms with van der Waals surface area (Å²) in [5, 5.41) is 9.42. The minimum Gasteiger partial charge on any atom is -0.395 e. The van der Waals surface area contributed by atoms with Crippen molar-refractivity contribution in [2.75, 3.05) is 25.4 Å². The van der Waals surface area contributed by atoms with E-state index in [1.54, 1.807) is 0 Å². The molecule has 0 aromatic heterocycles. The number of hydrogen-bond acceptors (Lipinski definition) is 3. The van der Waals surface area contributed by atoms with E-state index in [0.29, 0.717) is 11.7 Å². The van der Waals surface area contributed by atoms with Gasteiger partial charge in [0, 0.05) is 42.6 Å². The summed E-state index contributed by atoms with van der Waals surface area (Å²) in [4.78, 5) is 2.39. The maximum absolute atomic E-state index is 13.4. The second kappa shape index (κ2) is 7.68. The Labute approximate surface area is 124 Å². The topological polar surface area (TPSA) is 23.5 Å². The maximum Gasteiger partial charge on any atom is 0.124 e. The Balaban J connectivity index is 2.12. The van der Waals surface area contributed by atoms with Crippen molar-refractivity contribution in [2.45, 2.75) is 25.1 Å². The van der Waals surface area contributed by atoms with Crippen LogP contribution in [0, 0.1) is 17.7 Å². The summed E-state index contributed by atoms with van der Waals surface area (Å²) in [6, 6.07) is 4.81. The van der Waals surface area contributed by atoms with Crippen LogP contribution >= 0.6 is 11.8 Å². The van der Waals surface area contributed by atoms with Crippen LogP contribution in [0.15, 0.2) is 18.2 Å². The predicted octanol–water partition coefficient (Wildman–Crippen LogP) is 2.50. The molecule has 1 saturated heterocycles. The zero-order chi connectivity index (χ0) is 14.4. The molecule has 0 bridgehead atoms. The molecule has 1 aliphatic heterocycles. The Hall–Kier alpha value is -1.02. The van der Waals surface area contributed by atoms with E-state index in [2.05, 4.69) is 23.7 Å². The molecule has 0 spiro atoms. The lowest BCUT2D eigenvalue weighted by molar-refractivity contribution is 0.278. The number of aliphatic hydroxyl groups excluding tert-OH is 1. The van der Waals surface area contributed by atoms with E-state index < -0.39 is 0 Å². The molecule has 108 valence electrons. The number of aliphatic hydroxyl groups is 1. The summed E-state index contributed by atoms with van der Waals surface area (Å²) in [6.07, 6.45) is 0.424. The van der Waals surface area contributed by atoms with Crippen molar-refractivity contribution in [3.8, 4) is 11.8 Å². The van der Waals surface area contributed by atoms with Gasteiger partial charge in [-0.15, -0.1) is 0 Å². The van der Waals surface area contributed by atoms with E-state index in [1.165, 1.54) is 12.1 Å². The van der Waals surface area contributed by atoms with Crippen molar-refractivity contribution in [1.29, 1.82) is 0 Å². The van der Waals surface area contributed by atoms with Gasteiger partial charge >= 0.3 is 0 Å². The monoisotopic (exact) mass is 293 g/mol. The standard InChI is InChI=1S/C16H20FNOS/c1-13-11-18(7-9-20-13)12-15-5-6-16(17)10-14(15)4-2-3-8-19/h5-6,10,13,19H,3,7-9,11-12H2,1H3. The number of benzene rings is 1. The Bertz CT molecular complexity index is 509. The molecule has 0 aliphatic carbocycles. The average molecular weight is 293 g/mol. The first-order valence-corrected chi connectivity index (χ1v) is 7.96. The first-order valence-electron chi connectivity index (χ1n) is 6.91. The van der Waals surface area contributed by atoms with Gasteiger partial charge in [-0.3, -0.25) is 4.90 Å². The fraction of sp³-hybridized carbons (Fsp3) is 0.500. The van der Waals surface area contributed by atoms with Gasteiger partial charge in [-0.05, 0) is 17.7 Å². The highest BCUT2D eigenvalue weighted by molar-refractivity contribution is 7.99. The first kappa shape index (κ1) is 15.4. The molecule has 2 rings (SSSR count). The van der Waals surface area contributed by atoms with Crippen LogP contribution in [-0.4, -0.2) is 40.7 Å². The van der Waals surface area contributed by atoms with Gasteiger partial charge in [-0.1, -0.05) is 24.8 Å². The van der Waals surface area contributed by atoms with Crippen molar-refractivity contribution < 1.29 is 9.50 Å². The van der Waals surface area contributed by atoms with Crippen molar-refractivity contribution in [1.82, 2.24) is 4.90 Å².